The van der Waals surface area contributed by atoms with Gasteiger partial charge in [-0.15, -0.1) is 8.42 Å². The van der Waals surface area contributed by atoms with Crippen LogP contribution in [0.25, 0.3) is 10.8 Å². The van der Waals surface area contributed by atoms with Gasteiger partial charge in [-0.25, -0.2) is 0 Å². The molecule has 0 unspecified atom stereocenters. The normalized spacial score (nSPS) is 11.1. The van der Waals surface area contributed by atoms with Crippen molar-refractivity contribution in [3.8, 4) is 5.75 Å². The third kappa shape index (κ3) is 2.54. The Morgan fingerprint density at radius 2 is 1.71 bits per heavy atom. The molecule has 88 valence electrons. The minimum atomic E-state index is -4.34. The number of benzene rings is 2. The third-order valence-electron chi connectivity index (χ3n) is 2.10. The average molecular weight is 252 g/mol. The van der Waals surface area contributed by atoms with Gasteiger partial charge in [0.15, 0.2) is 5.75 Å². The highest BCUT2D eigenvalue weighted by molar-refractivity contribution is 7.82. The van der Waals surface area contributed by atoms with Gasteiger partial charge in [0.1, 0.15) is 0 Å². The fourth-order valence-corrected chi connectivity index (χ4v) is 1.95. The molecule has 2 aromatic rings. The van der Waals surface area contributed by atoms with Crippen LogP contribution in [0.2, 0.25) is 0 Å². The standard InChI is InChI=1S/C11H8O5S/c12-8-15-17(13,14)16-11-7-3-5-9-4-1-2-6-10(9)11/h1-8H. The molecule has 0 aliphatic heterocycles. The van der Waals surface area contributed by atoms with Crippen LogP contribution in [0.15, 0.2) is 42.5 Å². The number of rotatable bonds is 4. The van der Waals surface area contributed by atoms with Crippen molar-refractivity contribution in [2.45, 2.75) is 0 Å². The molecule has 0 saturated heterocycles. The van der Waals surface area contributed by atoms with Crippen LogP contribution in [0.1, 0.15) is 0 Å². The van der Waals surface area contributed by atoms with Gasteiger partial charge in [-0.3, -0.25) is 4.79 Å². The largest absolute Gasteiger partial charge is 0.503 e. The van der Waals surface area contributed by atoms with Gasteiger partial charge >= 0.3 is 16.9 Å². The van der Waals surface area contributed by atoms with E-state index in [9.17, 15) is 13.2 Å². The number of hydrogen-bond donors (Lipinski definition) is 0. The van der Waals surface area contributed by atoms with Crippen molar-refractivity contribution < 1.29 is 21.6 Å². The molecule has 5 nitrogen and oxygen atoms in total. The van der Waals surface area contributed by atoms with Crippen molar-refractivity contribution in [3.63, 3.8) is 0 Å². The lowest BCUT2D eigenvalue weighted by molar-refractivity contribution is -0.120. The van der Waals surface area contributed by atoms with Crippen LogP contribution in [-0.4, -0.2) is 14.9 Å². The fraction of sp³-hybridized carbons (Fsp3) is 0. The Morgan fingerprint density at radius 1 is 1.00 bits per heavy atom. The van der Waals surface area contributed by atoms with Crippen molar-refractivity contribution >= 4 is 27.6 Å². The minimum absolute atomic E-state index is 0.116. The quantitative estimate of drug-likeness (QED) is 0.773. The van der Waals surface area contributed by atoms with Crippen molar-refractivity contribution in [2.24, 2.45) is 0 Å². The van der Waals surface area contributed by atoms with Gasteiger partial charge < -0.3 is 8.37 Å². The van der Waals surface area contributed by atoms with E-state index >= 15 is 0 Å². The molecule has 0 aliphatic carbocycles. The van der Waals surface area contributed by atoms with E-state index in [1.54, 1.807) is 18.2 Å². The second kappa shape index (κ2) is 4.42. The topological polar surface area (TPSA) is 69.7 Å². The lowest BCUT2D eigenvalue weighted by Gasteiger charge is -2.06. The molecule has 0 aromatic heterocycles. The molecule has 2 aromatic carbocycles. The van der Waals surface area contributed by atoms with Crippen LogP contribution in [0.4, 0.5) is 0 Å². The predicted molar refractivity (Wildman–Crippen MR) is 60.6 cm³/mol. The van der Waals surface area contributed by atoms with Crippen LogP contribution in [0.5, 0.6) is 5.75 Å². The highest BCUT2D eigenvalue weighted by Crippen LogP contribution is 2.26. The van der Waals surface area contributed by atoms with E-state index in [-0.39, 0.29) is 12.2 Å². The first kappa shape index (κ1) is 11.4. The van der Waals surface area contributed by atoms with Crippen molar-refractivity contribution in [1.82, 2.24) is 0 Å². The van der Waals surface area contributed by atoms with Crippen molar-refractivity contribution in [3.05, 3.63) is 42.5 Å². The van der Waals surface area contributed by atoms with Crippen LogP contribution in [0.3, 0.4) is 0 Å². The monoisotopic (exact) mass is 252 g/mol. The van der Waals surface area contributed by atoms with E-state index in [1.807, 2.05) is 18.2 Å². The number of hydrogen-bond acceptors (Lipinski definition) is 5. The molecular weight excluding hydrogens is 244 g/mol. The molecule has 0 fully saturated rings. The van der Waals surface area contributed by atoms with Crippen LogP contribution >= 0.6 is 0 Å². The second-order valence-corrected chi connectivity index (χ2v) is 4.34. The van der Waals surface area contributed by atoms with Crippen molar-refractivity contribution in [1.29, 1.82) is 0 Å². The van der Waals surface area contributed by atoms with Gasteiger partial charge in [-0.1, -0.05) is 36.4 Å². The smallest absolute Gasteiger partial charge is 0.352 e. The Morgan fingerprint density at radius 3 is 2.47 bits per heavy atom. The Bertz CT molecular complexity index is 642. The van der Waals surface area contributed by atoms with Gasteiger partial charge in [-0.2, -0.15) is 0 Å². The maximum atomic E-state index is 11.2. The van der Waals surface area contributed by atoms with E-state index in [0.717, 1.165) is 5.39 Å². The zero-order valence-corrected chi connectivity index (χ0v) is 9.38. The summed E-state index contributed by atoms with van der Waals surface area (Å²) in [7, 11) is -4.34. The molecule has 0 bridgehead atoms. The maximum absolute atomic E-state index is 11.2. The Balaban J connectivity index is 2.46. The minimum Gasteiger partial charge on any atom is -0.352 e. The Hall–Kier alpha value is -2.08. The number of carbonyl (C=O) groups excluding carboxylic acids is 1. The molecular formula is C11H8O5S. The van der Waals surface area contributed by atoms with Crippen LogP contribution in [0, 0.1) is 0 Å². The van der Waals surface area contributed by atoms with E-state index in [2.05, 4.69) is 8.37 Å². The third-order valence-corrected chi connectivity index (χ3v) is 2.80. The molecule has 17 heavy (non-hydrogen) atoms. The Kier molecular flexibility index (Phi) is 2.97. The summed E-state index contributed by atoms with van der Waals surface area (Å²) in [5, 5.41) is 1.44. The van der Waals surface area contributed by atoms with Gasteiger partial charge in [0, 0.05) is 5.39 Å². The number of carbonyl (C=O) groups is 1. The molecule has 0 heterocycles. The maximum Gasteiger partial charge on any atom is 0.503 e. The molecule has 6 heteroatoms. The van der Waals surface area contributed by atoms with Gasteiger partial charge in [0.2, 0.25) is 0 Å². The van der Waals surface area contributed by atoms with Gasteiger partial charge in [0.05, 0.1) is 0 Å². The lowest BCUT2D eigenvalue weighted by atomic mass is 10.1. The predicted octanol–water partition coefficient (Wildman–Crippen LogP) is 1.64. The summed E-state index contributed by atoms with van der Waals surface area (Å²) in [6.45, 7) is -0.194. The van der Waals surface area contributed by atoms with Crippen molar-refractivity contribution in [2.75, 3.05) is 0 Å². The SMILES string of the molecule is O=COS(=O)(=O)Oc1cccc2ccccc12. The first-order chi connectivity index (χ1) is 8.12. The Labute approximate surface area is 97.9 Å². The van der Waals surface area contributed by atoms with E-state index in [0.29, 0.717) is 5.39 Å². The molecule has 0 aliphatic rings. The first-order valence-corrected chi connectivity index (χ1v) is 6.00. The first-order valence-electron chi connectivity index (χ1n) is 4.66. The molecule has 0 amide bonds. The van der Waals surface area contributed by atoms with Gasteiger partial charge in [0.25, 0.3) is 0 Å². The van der Waals surface area contributed by atoms with E-state index in [4.69, 9.17) is 0 Å². The highest BCUT2D eigenvalue weighted by atomic mass is 32.3. The number of fused-ring (bicyclic) bond motifs is 1. The van der Waals surface area contributed by atoms with E-state index < -0.39 is 10.4 Å². The molecule has 0 spiro atoms. The zero-order valence-electron chi connectivity index (χ0n) is 8.57. The summed E-state index contributed by atoms with van der Waals surface area (Å²) < 4.78 is 30.9. The fourth-order valence-electron chi connectivity index (χ4n) is 1.45. The summed E-state index contributed by atoms with van der Waals surface area (Å²) in [4.78, 5) is 9.99. The second-order valence-electron chi connectivity index (χ2n) is 3.16. The molecule has 2 rings (SSSR count). The summed E-state index contributed by atoms with van der Waals surface area (Å²) >= 11 is 0. The molecule has 0 N–H and O–H groups in total. The molecule has 0 radical (unpaired) electrons. The van der Waals surface area contributed by atoms with Gasteiger partial charge in [-0.05, 0) is 11.5 Å². The summed E-state index contributed by atoms with van der Waals surface area (Å²) in [5.74, 6) is 0.116. The van der Waals surface area contributed by atoms with Crippen LogP contribution < -0.4 is 4.18 Å². The summed E-state index contributed by atoms with van der Waals surface area (Å²) in [5.41, 5.74) is 0. The highest BCUT2D eigenvalue weighted by Gasteiger charge is 2.15. The summed E-state index contributed by atoms with van der Waals surface area (Å²) in [6, 6.07) is 12.0. The molecule has 0 atom stereocenters. The van der Waals surface area contributed by atoms with Crippen LogP contribution in [-0.2, 0) is 19.4 Å². The average Bonchev–Trinajstić information content (AvgIpc) is 2.29. The molecule has 0 saturated carbocycles. The van der Waals surface area contributed by atoms with E-state index in [1.165, 1.54) is 6.07 Å². The zero-order chi connectivity index (χ0) is 12.3. The lowest BCUT2D eigenvalue weighted by Crippen LogP contribution is -2.12. The summed E-state index contributed by atoms with van der Waals surface area (Å²) in [6.07, 6.45) is 0.